The lowest BCUT2D eigenvalue weighted by atomic mass is 10.3. The van der Waals surface area contributed by atoms with Gasteiger partial charge in [0.15, 0.2) is 0 Å². The number of carboxylic acid groups (broad SMARTS) is 1. The molecule has 0 fully saturated rings. The van der Waals surface area contributed by atoms with Crippen LogP contribution in [0.2, 0.25) is 4.34 Å². The van der Waals surface area contributed by atoms with Gasteiger partial charge in [-0.2, -0.15) is 0 Å². The highest BCUT2D eigenvalue weighted by Crippen LogP contribution is 2.23. The Hall–Kier alpha value is -1.44. The number of carboxylic acids is 1. The number of aryl methyl sites for hydroxylation is 1. The summed E-state index contributed by atoms with van der Waals surface area (Å²) in [5.41, 5.74) is 0. The van der Waals surface area contributed by atoms with Crippen molar-refractivity contribution in [1.82, 2.24) is 19.7 Å². The molecular formula is C14H19ClN4O2S. The van der Waals surface area contributed by atoms with E-state index in [1.54, 1.807) is 0 Å². The van der Waals surface area contributed by atoms with E-state index in [0.717, 1.165) is 29.5 Å². The maximum Gasteiger partial charge on any atom is 0.317 e. The van der Waals surface area contributed by atoms with Gasteiger partial charge in [0.05, 0.1) is 17.4 Å². The lowest BCUT2D eigenvalue weighted by Gasteiger charge is -2.19. The third-order valence-electron chi connectivity index (χ3n) is 3.19. The van der Waals surface area contributed by atoms with E-state index in [1.807, 2.05) is 28.5 Å². The SMILES string of the molecule is CCCn1c(C)nnc1CN(CC(=O)O)Cc1ccc(Cl)s1. The van der Waals surface area contributed by atoms with Crippen LogP contribution in [0, 0.1) is 6.92 Å². The molecule has 8 heteroatoms. The summed E-state index contributed by atoms with van der Waals surface area (Å²) in [4.78, 5) is 14.0. The second kappa shape index (κ2) is 7.71. The predicted molar refractivity (Wildman–Crippen MR) is 86.1 cm³/mol. The molecule has 0 bridgehead atoms. The topological polar surface area (TPSA) is 71.2 Å². The van der Waals surface area contributed by atoms with Crippen LogP contribution in [-0.4, -0.2) is 37.3 Å². The van der Waals surface area contributed by atoms with Gasteiger partial charge >= 0.3 is 5.97 Å². The molecule has 6 nitrogen and oxygen atoms in total. The van der Waals surface area contributed by atoms with Crippen LogP contribution in [0.4, 0.5) is 0 Å². The van der Waals surface area contributed by atoms with Crippen LogP contribution in [-0.2, 0) is 24.4 Å². The number of nitrogens with zero attached hydrogens (tertiary/aromatic N) is 4. The van der Waals surface area contributed by atoms with Crippen molar-refractivity contribution >= 4 is 28.9 Å². The summed E-state index contributed by atoms with van der Waals surface area (Å²) in [5.74, 6) is 0.787. The smallest absolute Gasteiger partial charge is 0.317 e. The van der Waals surface area contributed by atoms with E-state index in [-0.39, 0.29) is 6.54 Å². The minimum absolute atomic E-state index is 0.0481. The Morgan fingerprint density at radius 2 is 2.18 bits per heavy atom. The van der Waals surface area contributed by atoms with Crippen molar-refractivity contribution in [2.24, 2.45) is 0 Å². The first-order valence-electron chi connectivity index (χ1n) is 7.06. The van der Waals surface area contributed by atoms with Crippen LogP contribution in [0.3, 0.4) is 0 Å². The molecule has 2 aromatic rings. The van der Waals surface area contributed by atoms with Gasteiger partial charge in [0.1, 0.15) is 11.6 Å². The Balaban J connectivity index is 2.14. The summed E-state index contributed by atoms with van der Waals surface area (Å²) in [6, 6.07) is 3.74. The highest BCUT2D eigenvalue weighted by atomic mass is 35.5. The summed E-state index contributed by atoms with van der Waals surface area (Å²) in [6.45, 7) is 5.76. The molecule has 0 amide bonds. The van der Waals surface area contributed by atoms with Crippen molar-refractivity contribution in [3.05, 3.63) is 33.0 Å². The maximum atomic E-state index is 11.1. The zero-order chi connectivity index (χ0) is 16.1. The van der Waals surface area contributed by atoms with Gasteiger partial charge in [-0.25, -0.2) is 0 Å². The quantitative estimate of drug-likeness (QED) is 0.798. The third kappa shape index (κ3) is 4.53. The molecule has 0 aliphatic heterocycles. The van der Waals surface area contributed by atoms with Gasteiger partial charge < -0.3 is 9.67 Å². The van der Waals surface area contributed by atoms with Crippen molar-refractivity contribution in [2.75, 3.05) is 6.54 Å². The number of carbonyl (C=O) groups is 1. The number of thiophene rings is 1. The van der Waals surface area contributed by atoms with Crippen LogP contribution in [0.1, 0.15) is 29.9 Å². The molecule has 2 rings (SSSR count). The average molecular weight is 343 g/mol. The van der Waals surface area contributed by atoms with E-state index in [4.69, 9.17) is 16.7 Å². The zero-order valence-electron chi connectivity index (χ0n) is 12.6. The summed E-state index contributed by atoms with van der Waals surface area (Å²) in [6.07, 6.45) is 0.978. The van der Waals surface area contributed by atoms with Crippen molar-refractivity contribution in [2.45, 2.75) is 39.9 Å². The van der Waals surface area contributed by atoms with E-state index in [9.17, 15) is 4.79 Å². The normalized spacial score (nSPS) is 11.3. The Bertz CT molecular complexity index is 641. The third-order valence-corrected chi connectivity index (χ3v) is 4.41. The molecule has 0 aromatic carbocycles. The molecule has 0 unspecified atom stereocenters. The zero-order valence-corrected chi connectivity index (χ0v) is 14.2. The average Bonchev–Trinajstić information content (AvgIpc) is 2.98. The molecule has 120 valence electrons. The minimum atomic E-state index is -0.860. The van der Waals surface area contributed by atoms with E-state index in [1.165, 1.54) is 11.3 Å². The van der Waals surface area contributed by atoms with Crippen molar-refractivity contribution in [3.63, 3.8) is 0 Å². The molecule has 0 aliphatic rings. The first-order valence-corrected chi connectivity index (χ1v) is 8.26. The Labute approximate surface area is 138 Å². The second-order valence-electron chi connectivity index (χ2n) is 5.06. The highest BCUT2D eigenvalue weighted by molar-refractivity contribution is 7.16. The lowest BCUT2D eigenvalue weighted by Crippen LogP contribution is -2.30. The van der Waals surface area contributed by atoms with Crippen LogP contribution < -0.4 is 0 Å². The summed E-state index contributed by atoms with van der Waals surface area (Å²) < 4.78 is 2.74. The van der Waals surface area contributed by atoms with Gasteiger partial charge in [0.25, 0.3) is 0 Å². The fourth-order valence-corrected chi connectivity index (χ4v) is 3.40. The van der Waals surface area contributed by atoms with Gasteiger partial charge in [-0.15, -0.1) is 21.5 Å². The first-order chi connectivity index (χ1) is 10.5. The fraction of sp³-hybridized carbons (Fsp3) is 0.500. The highest BCUT2D eigenvalue weighted by Gasteiger charge is 2.16. The van der Waals surface area contributed by atoms with E-state index >= 15 is 0 Å². The predicted octanol–water partition coefficient (Wildman–Crippen LogP) is 2.80. The molecule has 0 spiro atoms. The molecule has 0 aliphatic carbocycles. The Kier molecular flexibility index (Phi) is 5.93. The van der Waals surface area contributed by atoms with Crippen LogP contribution in [0.25, 0.3) is 0 Å². The molecule has 1 N–H and O–H groups in total. The summed E-state index contributed by atoms with van der Waals surface area (Å²) >= 11 is 7.40. The molecule has 0 radical (unpaired) electrons. The van der Waals surface area contributed by atoms with Gasteiger partial charge in [-0.1, -0.05) is 18.5 Å². The molecule has 2 heterocycles. The number of hydrogen-bond donors (Lipinski definition) is 1. The standard InChI is InChI=1S/C14H19ClN4O2S/c1-3-6-19-10(2)16-17-13(19)8-18(9-14(20)21)7-11-4-5-12(15)22-11/h4-5H,3,6-9H2,1-2H3,(H,20,21). The largest absolute Gasteiger partial charge is 0.480 e. The minimum Gasteiger partial charge on any atom is -0.480 e. The van der Waals surface area contributed by atoms with Gasteiger partial charge in [0, 0.05) is 18.0 Å². The maximum absolute atomic E-state index is 11.1. The molecule has 0 atom stereocenters. The molecule has 2 aromatic heterocycles. The summed E-state index contributed by atoms with van der Waals surface area (Å²) in [5, 5.41) is 17.4. The summed E-state index contributed by atoms with van der Waals surface area (Å²) in [7, 11) is 0. The Morgan fingerprint density at radius 3 is 2.77 bits per heavy atom. The molecule has 0 saturated heterocycles. The monoisotopic (exact) mass is 342 g/mol. The van der Waals surface area contributed by atoms with Gasteiger partial charge in [-0.05, 0) is 25.5 Å². The van der Waals surface area contributed by atoms with Gasteiger partial charge in [-0.3, -0.25) is 9.69 Å². The fourth-order valence-electron chi connectivity index (χ4n) is 2.27. The van der Waals surface area contributed by atoms with Crippen molar-refractivity contribution < 1.29 is 9.90 Å². The second-order valence-corrected chi connectivity index (χ2v) is 6.86. The van der Waals surface area contributed by atoms with Crippen molar-refractivity contribution in [3.8, 4) is 0 Å². The number of aliphatic carboxylic acids is 1. The number of halogens is 1. The van der Waals surface area contributed by atoms with Crippen LogP contribution >= 0.6 is 22.9 Å². The molecule has 0 saturated carbocycles. The van der Waals surface area contributed by atoms with E-state index < -0.39 is 5.97 Å². The first kappa shape index (κ1) is 16.9. The Morgan fingerprint density at radius 1 is 1.41 bits per heavy atom. The lowest BCUT2D eigenvalue weighted by molar-refractivity contribution is -0.138. The number of rotatable bonds is 8. The molecule has 22 heavy (non-hydrogen) atoms. The van der Waals surface area contributed by atoms with Crippen molar-refractivity contribution in [1.29, 1.82) is 0 Å². The van der Waals surface area contributed by atoms with Crippen LogP contribution in [0.15, 0.2) is 12.1 Å². The number of aromatic nitrogens is 3. The van der Waals surface area contributed by atoms with E-state index in [2.05, 4.69) is 17.1 Å². The van der Waals surface area contributed by atoms with Crippen LogP contribution in [0.5, 0.6) is 0 Å². The number of hydrogen-bond acceptors (Lipinski definition) is 5. The molecular weight excluding hydrogens is 324 g/mol. The van der Waals surface area contributed by atoms with E-state index in [0.29, 0.717) is 17.4 Å². The van der Waals surface area contributed by atoms with Gasteiger partial charge in [0.2, 0.25) is 0 Å².